The Hall–Kier alpha value is -1.36. The Balaban J connectivity index is 1.60. The molecular weight excluding hydrogens is 204 g/mol. The van der Waals surface area contributed by atoms with E-state index in [4.69, 9.17) is 0 Å². The summed E-state index contributed by atoms with van der Waals surface area (Å²) in [5.41, 5.74) is 0. The van der Waals surface area contributed by atoms with Crippen LogP contribution in [0.3, 0.4) is 0 Å². The highest BCUT2D eigenvalue weighted by atomic mass is 16.1. The minimum Gasteiger partial charge on any atom is -0.354 e. The smallest absolute Gasteiger partial charge is 0.221 e. The lowest BCUT2D eigenvalue weighted by Crippen LogP contribution is -2.33. The quantitative estimate of drug-likeness (QED) is 0.745. The van der Waals surface area contributed by atoms with Crippen molar-refractivity contribution in [2.75, 3.05) is 13.1 Å². The van der Waals surface area contributed by atoms with Gasteiger partial charge in [0.1, 0.15) is 0 Å². The Labute approximate surface area is 95.2 Å². The lowest BCUT2D eigenvalue weighted by atomic mass is 10.1. The molecule has 2 rings (SSSR count). The van der Waals surface area contributed by atoms with Crippen molar-refractivity contribution in [3.8, 4) is 0 Å². The second kappa shape index (κ2) is 5.65. The molecule has 1 unspecified atom stereocenters. The van der Waals surface area contributed by atoms with Crippen molar-refractivity contribution in [1.29, 1.82) is 0 Å². The Morgan fingerprint density at radius 1 is 1.62 bits per heavy atom. The van der Waals surface area contributed by atoms with Gasteiger partial charge in [-0.15, -0.1) is 0 Å². The van der Waals surface area contributed by atoms with Crippen molar-refractivity contribution in [3.63, 3.8) is 0 Å². The van der Waals surface area contributed by atoms with Gasteiger partial charge < -0.3 is 15.2 Å². The number of hydrogen-bond donors (Lipinski definition) is 2. The number of aromatic nitrogens is 2. The zero-order chi connectivity index (χ0) is 11.2. The molecule has 88 valence electrons. The van der Waals surface area contributed by atoms with Crippen LogP contribution in [0.4, 0.5) is 0 Å². The molecule has 1 aromatic rings. The first-order chi connectivity index (χ1) is 7.84. The van der Waals surface area contributed by atoms with Gasteiger partial charge in [-0.2, -0.15) is 0 Å². The van der Waals surface area contributed by atoms with E-state index in [-0.39, 0.29) is 5.91 Å². The van der Waals surface area contributed by atoms with Gasteiger partial charge in [-0.1, -0.05) is 0 Å². The minimum absolute atomic E-state index is 0.138. The first-order valence-corrected chi connectivity index (χ1v) is 5.80. The van der Waals surface area contributed by atoms with E-state index in [1.54, 1.807) is 12.5 Å². The Kier molecular flexibility index (Phi) is 3.93. The van der Waals surface area contributed by atoms with Gasteiger partial charge in [0, 0.05) is 37.9 Å². The van der Waals surface area contributed by atoms with Crippen molar-refractivity contribution in [1.82, 2.24) is 20.2 Å². The normalized spacial score (nSPS) is 19.9. The Bertz CT molecular complexity index is 317. The van der Waals surface area contributed by atoms with Crippen molar-refractivity contribution < 1.29 is 4.79 Å². The number of rotatable bonds is 5. The number of carbonyl (C=O) groups is 1. The molecule has 1 aliphatic heterocycles. The van der Waals surface area contributed by atoms with Crippen molar-refractivity contribution in [2.24, 2.45) is 0 Å². The van der Waals surface area contributed by atoms with E-state index in [1.165, 1.54) is 6.42 Å². The SMILES string of the molecule is O=C(CC1CCCN1)NCCn1ccnc1. The van der Waals surface area contributed by atoms with Crippen LogP contribution in [0.2, 0.25) is 0 Å². The van der Waals surface area contributed by atoms with Crippen LogP contribution in [0.25, 0.3) is 0 Å². The third kappa shape index (κ3) is 3.34. The van der Waals surface area contributed by atoms with Gasteiger partial charge in [-0.3, -0.25) is 4.79 Å². The summed E-state index contributed by atoms with van der Waals surface area (Å²) in [6.07, 6.45) is 8.30. The number of nitrogens with one attached hydrogen (secondary N) is 2. The Morgan fingerprint density at radius 3 is 3.25 bits per heavy atom. The molecular formula is C11H18N4O. The van der Waals surface area contributed by atoms with Crippen molar-refractivity contribution in [3.05, 3.63) is 18.7 Å². The van der Waals surface area contributed by atoms with Crippen LogP contribution >= 0.6 is 0 Å². The molecule has 1 amide bonds. The predicted octanol–water partition coefficient (Wildman–Crippen LogP) is 0.141. The largest absolute Gasteiger partial charge is 0.354 e. The zero-order valence-corrected chi connectivity index (χ0v) is 9.35. The topological polar surface area (TPSA) is 59.0 Å². The molecule has 1 aliphatic rings. The average molecular weight is 222 g/mol. The molecule has 0 aliphatic carbocycles. The van der Waals surface area contributed by atoms with E-state index in [9.17, 15) is 4.79 Å². The molecule has 5 heteroatoms. The van der Waals surface area contributed by atoms with Crippen LogP contribution in [0.5, 0.6) is 0 Å². The van der Waals surface area contributed by atoms with Crippen LogP contribution in [-0.2, 0) is 11.3 Å². The molecule has 5 nitrogen and oxygen atoms in total. The summed E-state index contributed by atoms with van der Waals surface area (Å²) >= 11 is 0. The molecule has 0 aromatic carbocycles. The van der Waals surface area contributed by atoms with Gasteiger partial charge >= 0.3 is 0 Å². The second-order valence-electron chi connectivity index (χ2n) is 4.15. The number of carbonyl (C=O) groups excluding carboxylic acids is 1. The summed E-state index contributed by atoms with van der Waals surface area (Å²) in [6, 6.07) is 0.383. The highest BCUT2D eigenvalue weighted by molar-refractivity contribution is 5.76. The molecule has 16 heavy (non-hydrogen) atoms. The van der Waals surface area contributed by atoms with Gasteiger partial charge in [-0.25, -0.2) is 4.98 Å². The molecule has 0 bridgehead atoms. The fourth-order valence-electron chi connectivity index (χ4n) is 1.97. The van der Waals surface area contributed by atoms with E-state index in [0.717, 1.165) is 19.5 Å². The van der Waals surface area contributed by atoms with Crippen LogP contribution in [0.1, 0.15) is 19.3 Å². The number of hydrogen-bond acceptors (Lipinski definition) is 3. The molecule has 0 saturated carbocycles. The Morgan fingerprint density at radius 2 is 2.56 bits per heavy atom. The summed E-state index contributed by atoms with van der Waals surface area (Å²) in [7, 11) is 0. The maximum Gasteiger partial charge on any atom is 0.221 e. The molecule has 1 saturated heterocycles. The fourth-order valence-corrected chi connectivity index (χ4v) is 1.97. The van der Waals surface area contributed by atoms with Gasteiger partial charge in [0.15, 0.2) is 0 Å². The molecule has 1 aromatic heterocycles. The van der Waals surface area contributed by atoms with E-state index in [2.05, 4.69) is 15.6 Å². The molecule has 0 spiro atoms. The predicted molar refractivity (Wildman–Crippen MR) is 60.9 cm³/mol. The lowest BCUT2D eigenvalue weighted by molar-refractivity contribution is -0.121. The van der Waals surface area contributed by atoms with Crippen LogP contribution in [0.15, 0.2) is 18.7 Å². The third-order valence-corrected chi connectivity index (χ3v) is 2.85. The van der Waals surface area contributed by atoms with Crippen LogP contribution in [-0.4, -0.2) is 34.6 Å². The van der Waals surface area contributed by atoms with Gasteiger partial charge in [0.25, 0.3) is 0 Å². The van der Waals surface area contributed by atoms with E-state index in [1.807, 2.05) is 10.8 Å². The number of imidazole rings is 1. The summed E-state index contributed by atoms with van der Waals surface area (Å²) in [5.74, 6) is 0.138. The maximum atomic E-state index is 11.6. The first-order valence-electron chi connectivity index (χ1n) is 5.80. The summed E-state index contributed by atoms with van der Waals surface area (Å²) in [4.78, 5) is 15.5. The number of amides is 1. The fraction of sp³-hybridized carbons (Fsp3) is 0.636. The second-order valence-corrected chi connectivity index (χ2v) is 4.15. The first kappa shape index (κ1) is 11.1. The minimum atomic E-state index is 0.138. The summed E-state index contributed by atoms with van der Waals surface area (Å²) in [5, 5.41) is 6.24. The molecule has 0 radical (unpaired) electrons. The third-order valence-electron chi connectivity index (χ3n) is 2.85. The van der Waals surface area contributed by atoms with Gasteiger partial charge in [0.05, 0.1) is 6.33 Å². The van der Waals surface area contributed by atoms with Crippen molar-refractivity contribution in [2.45, 2.75) is 31.8 Å². The van der Waals surface area contributed by atoms with E-state index in [0.29, 0.717) is 19.0 Å². The monoisotopic (exact) mass is 222 g/mol. The average Bonchev–Trinajstić information content (AvgIpc) is 2.90. The van der Waals surface area contributed by atoms with Crippen molar-refractivity contribution >= 4 is 5.91 Å². The summed E-state index contributed by atoms with van der Waals surface area (Å²) < 4.78 is 1.95. The lowest BCUT2D eigenvalue weighted by Gasteiger charge is -2.10. The number of nitrogens with zero attached hydrogens (tertiary/aromatic N) is 2. The zero-order valence-electron chi connectivity index (χ0n) is 9.35. The van der Waals surface area contributed by atoms with Gasteiger partial charge in [-0.05, 0) is 19.4 Å². The van der Waals surface area contributed by atoms with Crippen LogP contribution in [0, 0.1) is 0 Å². The highest BCUT2D eigenvalue weighted by Crippen LogP contribution is 2.07. The molecule has 2 N–H and O–H groups in total. The standard InChI is InChI=1S/C11H18N4O/c16-11(8-10-2-1-3-13-10)14-5-7-15-6-4-12-9-15/h4,6,9-10,13H,1-3,5,7-8H2,(H,14,16). The molecule has 1 atom stereocenters. The molecule has 1 fully saturated rings. The summed E-state index contributed by atoms with van der Waals surface area (Å²) in [6.45, 7) is 2.50. The maximum absolute atomic E-state index is 11.6. The molecule has 2 heterocycles. The highest BCUT2D eigenvalue weighted by Gasteiger charge is 2.16. The van der Waals surface area contributed by atoms with E-state index < -0.39 is 0 Å². The van der Waals surface area contributed by atoms with Gasteiger partial charge in [0.2, 0.25) is 5.91 Å². The van der Waals surface area contributed by atoms with E-state index >= 15 is 0 Å². The van der Waals surface area contributed by atoms with Crippen LogP contribution < -0.4 is 10.6 Å².